The van der Waals surface area contributed by atoms with Gasteiger partial charge >= 0.3 is 0 Å². The molecule has 0 unspecified atom stereocenters. The SMILES string of the molecule is CC[C@H](C)C(=O)N1Cc2ccccc2C[C@H]1C(=O)NC1CCCC1. The molecule has 4 heteroatoms. The van der Waals surface area contributed by atoms with Crippen LogP contribution in [0, 0.1) is 5.92 Å². The van der Waals surface area contributed by atoms with Crippen molar-refractivity contribution >= 4 is 11.8 Å². The van der Waals surface area contributed by atoms with Gasteiger partial charge in [0.25, 0.3) is 0 Å². The number of hydrogen-bond donors (Lipinski definition) is 1. The molecule has 0 radical (unpaired) electrons. The summed E-state index contributed by atoms with van der Waals surface area (Å²) in [6, 6.07) is 8.07. The van der Waals surface area contributed by atoms with Crippen LogP contribution in [0.4, 0.5) is 0 Å². The molecule has 2 aliphatic rings. The number of benzene rings is 1. The molecule has 130 valence electrons. The largest absolute Gasteiger partial charge is 0.352 e. The van der Waals surface area contributed by atoms with E-state index in [2.05, 4.69) is 17.4 Å². The molecule has 2 atom stereocenters. The summed E-state index contributed by atoms with van der Waals surface area (Å²) >= 11 is 0. The number of fused-ring (bicyclic) bond motifs is 1. The minimum absolute atomic E-state index is 0.0213. The van der Waals surface area contributed by atoms with Crippen molar-refractivity contribution in [3.8, 4) is 0 Å². The zero-order valence-electron chi connectivity index (χ0n) is 14.8. The summed E-state index contributed by atoms with van der Waals surface area (Å²) in [6.45, 7) is 4.52. The highest BCUT2D eigenvalue weighted by Crippen LogP contribution is 2.26. The quantitative estimate of drug-likeness (QED) is 0.923. The van der Waals surface area contributed by atoms with Crippen molar-refractivity contribution in [2.45, 2.75) is 71.0 Å². The number of hydrogen-bond acceptors (Lipinski definition) is 2. The monoisotopic (exact) mass is 328 g/mol. The van der Waals surface area contributed by atoms with Gasteiger partial charge in [-0.3, -0.25) is 9.59 Å². The highest BCUT2D eigenvalue weighted by atomic mass is 16.2. The van der Waals surface area contributed by atoms with Crippen LogP contribution in [0.3, 0.4) is 0 Å². The van der Waals surface area contributed by atoms with E-state index in [0.717, 1.165) is 19.3 Å². The van der Waals surface area contributed by atoms with Crippen LogP contribution >= 0.6 is 0 Å². The molecule has 1 N–H and O–H groups in total. The first-order chi connectivity index (χ1) is 11.6. The zero-order valence-corrected chi connectivity index (χ0v) is 14.8. The minimum atomic E-state index is -0.373. The molecule has 3 rings (SSSR count). The Morgan fingerprint density at radius 3 is 2.54 bits per heavy atom. The minimum Gasteiger partial charge on any atom is -0.352 e. The van der Waals surface area contributed by atoms with Gasteiger partial charge in [-0.2, -0.15) is 0 Å². The Hall–Kier alpha value is -1.84. The van der Waals surface area contributed by atoms with Crippen LogP contribution in [0.1, 0.15) is 57.1 Å². The van der Waals surface area contributed by atoms with E-state index >= 15 is 0 Å². The van der Waals surface area contributed by atoms with Crippen LogP contribution in [0.2, 0.25) is 0 Å². The van der Waals surface area contributed by atoms with Crippen molar-refractivity contribution in [2.24, 2.45) is 5.92 Å². The van der Waals surface area contributed by atoms with Gasteiger partial charge in [0.2, 0.25) is 11.8 Å². The second-order valence-corrected chi connectivity index (χ2v) is 7.25. The number of rotatable bonds is 4. The lowest BCUT2D eigenvalue weighted by Crippen LogP contribution is -2.55. The third-order valence-corrected chi connectivity index (χ3v) is 5.57. The molecule has 4 nitrogen and oxygen atoms in total. The van der Waals surface area contributed by atoms with E-state index in [1.165, 1.54) is 24.0 Å². The van der Waals surface area contributed by atoms with Crippen molar-refractivity contribution in [3.63, 3.8) is 0 Å². The lowest BCUT2D eigenvalue weighted by molar-refractivity contribution is -0.145. The maximum atomic E-state index is 12.9. The number of nitrogens with one attached hydrogen (secondary N) is 1. The van der Waals surface area contributed by atoms with Crippen molar-refractivity contribution in [1.29, 1.82) is 0 Å². The number of nitrogens with zero attached hydrogens (tertiary/aromatic N) is 1. The Kier molecular flexibility index (Phi) is 5.22. The van der Waals surface area contributed by atoms with Crippen LogP contribution in [-0.4, -0.2) is 28.8 Å². The van der Waals surface area contributed by atoms with Gasteiger partial charge in [-0.15, -0.1) is 0 Å². The van der Waals surface area contributed by atoms with E-state index in [0.29, 0.717) is 13.0 Å². The summed E-state index contributed by atoms with van der Waals surface area (Å²) in [5.74, 6) is 0.0728. The zero-order chi connectivity index (χ0) is 17.1. The number of amides is 2. The summed E-state index contributed by atoms with van der Waals surface area (Å²) < 4.78 is 0. The van der Waals surface area contributed by atoms with Crippen LogP contribution < -0.4 is 5.32 Å². The standard InChI is InChI=1S/C20H28N2O2/c1-3-14(2)20(24)22-13-16-9-5-4-8-15(16)12-18(22)19(23)21-17-10-6-7-11-17/h4-5,8-9,14,17-18H,3,6-7,10-13H2,1-2H3,(H,21,23)/t14-,18-/m0/s1. The van der Waals surface area contributed by atoms with Gasteiger partial charge in [-0.25, -0.2) is 0 Å². The van der Waals surface area contributed by atoms with Crippen molar-refractivity contribution < 1.29 is 9.59 Å². The van der Waals surface area contributed by atoms with Gasteiger partial charge in [0.05, 0.1) is 0 Å². The van der Waals surface area contributed by atoms with Crippen LogP contribution in [0.5, 0.6) is 0 Å². The van der Waals surface area contributed by atoms with Gasteiger partial charge in [-0.1, -0.05) is 51.0 Å². The summed E-state index contributed by atoms with van der Waals surface area (Å²) in [7, 11) is 0. The molecule has 1 aliphatic carbocycles. The third kappa shape index (κ3) is 3.47. The Morgan fingerprint density at radius 2 is 1.88 bits per heavy atom. The Morgan fingerprint density at radius 1 is 1.21 bits per heavy atom. The fraction of sp³-hybridized carbons (Fsp3) is 0.600. The average molecular weight is 328 g/mol. The maximum absolute atomic E-state index is 12.9. The molecule has 1 heterocycles. The second kappa shape index (κ2) is 7.37. The van der Waals surface area contributed by atoms with Crippen LogP contribution in [-0.2, 0) is 22.6 Å². The topological polar surface area (TPSA) is 49.4 Å². The summed E-state index contributed by atoms with van der Waals surface area (Å²) in [4.78, 5) is 27.5. The number of carbonyl (C=O) groups excluding carboxylic acids is 2. The Bertz CT molecular complexity index is 607. The molecule has 1 aliphatic heterocycles. The molecule has 1 aromatic carbocycles. The predicted molar refractivity (Wildman–Crippen MR) is 94.3 cm³/mol. The van der Waals surface area contributed by atoms with Gasteiger partial charge in [0.15, 0.2) is 0 Å². The van der Waals surface area contributed by atoms with E-state index in [4.69, 9.17) is 0 Å². The fourth-order valence-corrected chi connectivity index (χ4v) is 3.81. The molecular weight excluding hydrogens is 300 g/mol. The first-order valence-corrected chi connectivity index (χ1v) is 9.27. The lowest BCUT2D eigenvalue weighted by atomic mass is 9.91. The van der Waals surface area contributed by atoms with E-state index in [9.17, 15) is 9.59 Å². The molecule has 0 spiro atoms. The van der Waals surface area contributed by atoms with E-state index in [1.807, 2.05) is 26.0 Å². The highest BCUT2D eigenvalue weighted by Gasteiger charge is 2.36. The van der Waals surface area contributed by atoms with Crippen molar-refractivity contribution in [1.82, 2.24) is 10.2 Å². The highest BCUT2D eigenvalue weighted by molar-refractivity contribution is 5.89. The molecule has 24 heavy (non-hydrogen) atoms. The third-order valence-electron chi connectivity index (χ3n) is 5.57. The summed E-state index contributed by atoms with van der Waals surface area (Å²) in [5, 5.41) is 3.19. The van der Waals surface area contributed by atoms with Gasteiger partial charge in [0.1, 0.15) is 6.04 Å². The van der Waals surface area contributed by atoms with Gasteiger partial charge < -0.3 is 10.2 Å². The normalized spacial score (nSPS) is 22.1. The molecule has 1 fully saturated rings. The fourth-order valence-electron chi connectivity index (χ4n) is 3.81. The maximum Gasteiger partial charge on any atom is 0.243 e. The summed E-state index contributed by atoms with van der Waals surface area (Å²) in [6.07, 6.45) is 5.93. The lowest BCUT2D eigenvalue weighted by Gasteiger charge is -2.38. The molecule has 0 bridgehead atoms. The van der Waals surface area contributed by atoms with E-state index in [-0.39, 0.29) is 29.8 Å². The Labute approximate surface area is 144 Å². The first-order valence-electron chi connectivity index (χ1n) is 9.27. The van der Waals surface area contributed by atoms with Gasteiger partial charge in [-0.05, 0) is 30.4 Å². The number of carbonyl (C=O) groups is 2. The molecule has 1 saturated carbocycles. The van der Waals surface area contributed by atoms with Crippen molar-refractivity contribution in [3.05, 3.63) is 35.4 Å². The molecule has 0 aromatic heterocycles. The van der Waals surface area contributed by atoms with Crippen LogP contribution in [0.25, 0.3) is 0 Å². The smallest absolute Gasteiger partial charge is 0.243 e. The Balaban J connectivity index is 1.82. The van der Waals surface area contributed by atoms with E-state index in [1.54, 1.807) is 4.90 Å². The van der Waals surface area contributed by atoms with Gasteiger partial charge in [0, 0.05) is 24.9 Å². The molecule has 1 aromatic rings. The molecule has 0 saturated heterocycles. The van der Waals surface area contributed by atoms with Crippen molar-refractivity contribution in [2.75, 3.05) is 0 Å². The van der Waals surface area contributed by atoms with E-state index < -0.39 is 0 Å². The first kappa shape index (κ1) is 17.0. The molecule has 2 amide bonds. The van der Waals surface area contributed by atoms with Crippen LogP contribution in [0.15, 0.2) is 24.3 Å². The molecular formula is C20H28N2O2. The predicted octanol–water partition coefficient (Wildman–Crippen LogP) is 3.04. The average Bonchev–Trinajstić information content (AvgIpc) is 3.12. The second-order valence-electron chi connectivity index (χ2n) is 7.25. The summed E-state index contributed by atoms with van der Waals surface area (Å²) in [5.41, 5.74) is 2.36.